The lowest BCUT2D eigenvalue weighted by molar-refractivity contribution is 0.112. The van der Waals surface area contributed by atoms with E-state index < -0.39 is 26.9 Å². The van der Waals surface area contributed by atoms with Crippen LogP contribution in [0.25, 0.3) is 0 Å². The molecule has 4 nitrogen and oxygen atoms in total. The van der Waals surface area contributed by atoms with Gasteiger partial charge in [-0.25, -0.2) is 13.1 Å². The SMILES string of the molecule is CC(O)C(C)(C)NS(=O)(=O)CCl. The highest BCUT2D eigenvalue weighted by Gasteiger charge is 2.28. The molecule has 0 aromatic carbocycles. The zero-order valence-corrected chi connectivity index (χ0v) is 8.91. The molecule has 0 aliphatic rings. The molecule has 0 spiro atoms. The lowest BCUT2D eigenvalue weighted by Gasteiger charge is -2.28. The molecule has 0 radical (unpaired) electrons. The van der Waals surface area contributed by atoms with E-state index in [1.54, 1.807) is 13.8 Å². The fourth-order valence-corrected chi connectivity index (χ4v) is 1.70. The first-order valence-corrected chi connectivity index (χ1v) is 5.65. The van der Waals surface area contributed by atoms with Gasteiger partial charge in [-0.2, -0.15) is 0 Å². The molecule has 0 saturated heterocycles. The van der Waals surface area contributed by atoms with Crippen molar-refractivity contribution in [2.75, 3.05) is 5.21 Å². The number of aliphatic hydroxyl groups is 1. The van der Waals surface area contributed by atoms with Gasteiger partial charge >= 0.3 is 0 Å². The summed E-state index contributed by atoms with van der Waals surface area (Å²) in [5.41, 5.74) is -0.881. The van der Waals surface area contributed by atoms with Crippen LogP contribution in [0.3, 0.4) is 0 Å². The molecule has 1 unspecified atom stereocenters. The molecule has 1 atom stereocenters. The second-order valence-electron chi connectivity index (χ2n) is 3.22. The van der Waals surface area contributed by atoms with Gasteiger partial charge in [0.15, 0.2) is 0 Å². The highest BCUT2D eigenvalue weighted by Crippen LogP contribution is 2.10. The van der Waals surface area contributed by atoms with Crippen LogP contribution in [-0.2, 0) is 10.0 Å². The quantitative estimate of drug-likeness (QED) is 0.662. The summed E-state index contributed by atoms with van der Waals surface area (Å²) in [6.45, 7) is 4.68. The Morgan fingerprint density at radius 3 is 2.25 bits per heavy atom. The Morgan fingerprint density at radius 2 is 2.00 bits per heavy atom. The number of alkyl halides is 1. The summed E-state index contributed by atoms with van der Waals surface area (Å²) in [5, 5.41) is 8.67. The summed E-state index contributed by atoms with van der Waals surface area (Å²) < 4.78 is 24.2. The fourth-order valence-electron chi connectivity index (χ4n) is 0.513. The second kappa shape index (κ2) is 3.91. The third-order valence-corrected chi connectivity index (χ3v) is 3.59. The van der Waals surface area contributed by atoms with E-state index in [4.69, 9.17) is 16.7 Å². The van der Waals surface area contributed by atoms with E-state index in [0.717, 1.165) is 0 Å². The largest absolute Gasteiger partial charge is 0.391 e. The molecule has 0 heterocycles. The van der Waals surface area contributed by atoms with Crippen molar-refractivity contribution in [3.63, 3.8) is 0 Å². The van der Waals surface area contributed by atoms with Crippen molar-refractivity contribution in [1.82, 2.24) is 4.72 Å². The smallest absolute Gasteiger partial charge is 0.226 e. The highest BCUT2D eigenvalue weighted by atomic mass is 35.5. The van der Waals surface area contributed by atoms with E-state index in [-0.39, 0.29) is 0 Å². The lowest BCUT2D eigenvalue weighted by atomic mass is 10.0. The first kappa shape index (κ1) is 12.2. The van der Waals surface area contributed by atoms with E-state index in [1.807, 2.05) is 0 Å². The number of hydrogen-bond acceptors (Lipinski definition) is 3. The zero-order chi connectivity index (χ0) is 9.99. The molecule has 0 saturated carbocycles. The molecular formula is C6H14ClNO3S. The predicted octanol–water partition coefficient (Wildman–Crippen LogP) is 0.262. The van der Waals surface area contributed by atoms with Gasteiger partial charge in [-0.1, -0.05) is 0 Å². The molecule has 0 aromatic heterocycles. The van der Waals surface area contributed by atoms with Gasteiger partial charge in [0.25, 0.3) is 0 Å². The van der Waals surface area contributed by atoms with E-state index in [0.29, 0.717) is 0 Å². The van der Waals surface area contributed by atoms with Crippen molar-refractivity contribution >= 4 is 21.6 Å². The van der Waals surface area contributed by atoms with Crippen molar-refractivity contribution in [2.45, 2.75) is 32.4 Å². The zero-order valence-electron chi connectivity index (χ0n) is 7.33. The highest BCUT2D eigenvalue weighted by molar-refractivity contribution is 7.90. The Balaban J connectivity index is 4.46. The molecule has 12 heavy (non-hydrogen) atoms. The van der Waals surface area contributed by atoms with E-state index >= 15 is 0 Å². The summed E-state index contributed by atoms with van der Waals surface area (Å²) in [5.74, 6) is 0. The van der Waals surface area contributed by atoms with Gasteiger partial charge in [-0.05, 0) is 20.8 Å². The topological polar surface area (TPSA) is 66.4 Å². The van der Waals surface area contributed by atoms with Crippen molar-refractivity contribution < 1.29 is 13.5 Å². The van der Waals surface area contributed by atoms with E-state index in [9.17, 15) is 8.42 Å². The lowest BCUT2D eigenvalue weighted by Crippen LogP contribution is -2.51. The number of rotatable bonds is 4. The Hall–Kier alpha value is 0.160. The van der Waals surface area contributed by atoms with Gasteiger partial charge in [0.1, 0.15) is 5.21 Å². The summed E-state index contributed by atoms with van der Waals surface area (Å²) in [4.78, 5) is 0. The second-order valence-corrected chi connectivity index (χ2v) is 5.53. The summed E-state index contributed by atoms with van der Waals surface area (Å²) in [6, 6.07) is 0. The summed E-state index contributed by atoms with van der Waals surface area (Å²) in [7, 11) is -3.47. The monoisotopic (exact) mass is 215 g/mol. The third-order valence-electron chi connectivity index (χ3n) is 1.61. The molecule has 0 aliphatic heterocycles. The average Bonchev–Trinajstić information content (AvgIpc) is 1.85. The molecule has 0 aromatic rings. The fraction of sp³-hybridized carbons (Fsp3) is 1.00. The van der Waals surface area contributed by atoms with Gasteiger partial charge in [0.05, 0.1) is 11.6 Å². The van der Waals surface area contributed by atoms with Crippen LogP contribution in [-0.4, -0.2) is 30.4 Å². The summed E-state index contributed by atoms with van der Waals surface area (Å²) in [6.07, 6.45) is -0.768. The van der Waals surface area contributed by atoms with Crippen LogP contribution in [0.2, 0.25) is 0 Å². The Bertz CT molecular complexity index is 235. The van der Waals surface area contributed by atoms with Crippen molar-refractivity contribution in [3.8, 4) is 0 Å². The molecular weight excluding hydrogens is 202 g/mol. The van der Waals surface area contributed by atoms with Gasteiger partial charge in [-0.3, -0.25) is 0 Å². The standard InChI is InChI=1S/C6H14ClNO3S/c1-5(9)6(2,3)8-12(10,11)4-7/h5,8-9H,4H2,1-3H3. The van der Waals surface area contributed by atoms with Gasteiger partial charge in [0.2, 0.25) is 10.0 Å². The molecule has 0 fully saturated rings. The Morgan fingerprint density at radius 1 is 1.58 bits per heavy atom. The van der Waals surface area contributed by atoms with E-state index in [1.165, 1.54) is 6.92 Å². The minimum Gasteiger partial charge on any atom is -0.391 e. The molecule has 74 valence electrons. The molecule has 0 aliphatic carbocycles. The number of sulfonamides is 1. The minimum atomic E-state index is -3.47. The van der Waals surface area contributed by atoms with Crippen molar-refractivity contribution in [3.05, 3.63) is 0 Å². The maximum absolute atomic E-state index is 11.0. The molecule has 0 rings (SSSR count). The van der Waals surface area contributed by atoms with Gasteiger partial charge in [-0.15, -0.1) is 11.6 Å². The normalized spacial score (nSPS) is 16.1. The van der Waals surface area contributed by atoms with Gasteiger partial charge < -0.3 is 5.11 Å². The predicted molar refractivity (Wildman–Crippen MR) is 48.5 cm³/mol. The molecule has 0 amide bonds. The van der Waals surface area contributed by atoms with Crippen LogP contribution < -0.4 is 4.72 Å². The number of halogens is 1. The molecule has 0 bridgehead atoms. The molecule has 6 heteroatoms. The van der Waals surface area contributed by atoms with Crippen LogP contribution in [0.4, 0.5) is 0 Å². The number of hydrogen-bond donors (Lipinski definition) is 2. The first-order valence-electron chi connectivity index (χ1n) is 3.47. The Labute approximate surface area is 78.0 Å². The van der Waals surface area contributed by atoms with E-state index in [2.05, 4.69) is 4.72 Å². The van der Waals surface area contributed by atoms with Crippen LogP contribution >= 0.6 is 11.6 Å². The summed E-state index contributed by atoms with van der Waals surface area (Å²) >= 11 is 5.17. The maximum atomic E-state index is 11.0. The van der Waals surface area contributed by atoms with Crippen molar-refractivity contribution in [1.29, 1.82) is 0 Å². The first-order chi connectivity index (χ1) is 5.21. The van der Waals surface area contributed by atoms with Gasteiger partial charge in [0, 0.05) is 0 Å². The minimum absolute atomic E-state index is 0.497. The third kappa shape index (κ3) is 3.71. The average molecular weight is 216 g/mol. The molecule has 2 N–H and O–H groups in total. The van der Waals surface area contributed by atoms with Crippen LogP contribution in [0.5, 0.6) is 0 Å². The Kier molecular flexibility index (Phi) is 3.96. The maximum Gasteiger partial charge on any atom is 0.226 e. The number of aliphatic hydroxyl groups excluding tert-OH is 1. The number of nitrogens with one attached hydrogen (secondary N) is 1. The van der Waals surface area contributed by atoms with Crippen LogP contribution in [0.15, 0.2) is 0 Å². The van der Waals surface area contributed by atoms with Crippen molar-refractivity contribution in [2.24, 2.45) is 0 Å². The van der Waals surface area contributed by atoms with Crippen LogP contribution in [0.1, 0.15) is 20.8 Å². The van der Waals surface area contributed by atoms with Crippen LogP contribution in [0, 0.1) is 0 Å².